The Hall–Kier alpha value is -3.35. The topological polar surface area (TPSA) is 88.6 Å². The summed E-state index contributed by atoms with van der Waals surface area (Å²) in [6, 6.07) is 13.2. The van der Waals surface area contributed by atoms with E-state index in [9.17, 15) is 9.59 Å². The Kier molecular flexibility index (Phi) is 5.46. The number of amides is 2. The van der Waals surface area contributed by atoms with E-state index >= 15 is 0 Å². The number of aromatic nitrogens is 1. The lowest BCUT2D eigenvalue weighted by Crippen LogP contribution is -2.45. The van der Waals surface area contributed by atoms with Crippen LogP contribution in [0.25, 0.3) is 11.3 Å². The van der Waals surface area contributed by atoms with E-state index in [1.165, 1.54) is 11.8 Å². The van der Waals surface area contributed by atoms with Crippen molar-refractivity contribution in [3.63, 3.8) is 0 Å². The fourth-order valence-corrected chi connectivity index (χ4v) is 3.51. The van der Waals surface area contributed by atoms with Crippen molar-refractivity contribution < 1.29 is 18.5 Å². The molecule has 1 aliphatic heterocycles. The lowest BCUT2D eigenvalue weighted by Gasteiger charge is -2.31. The highest BCUT2D eigenvalue weighted by Crippen LogP contribution is 2.21. The minimum atomic E-state index is -0.248. The number of hydrogen-bond donors (Lipinski definition) is 1. The summed E-state index contributed by atoms with van der Waals surface area (Å²) < 4.78 is 10.5. The minimum Gasteiger partial charge on any atom is -0.459 e. The Morgan fingerprint density at radius 2 is 2.07 bits per heavy atom. The number of aryl methyl sites for hydroxylation is 1. The van der Waals surface area contributed by atoms with Gasteiger partial charge in [-0.2, -0.15) is 0 Å². The molecule has 7 nitrogen and oxygen atoms in total. The molecule has 3 heterocycles. The summed E-state index contributed by atoms with van der Waals surface area (Å²) in [7, 11) is 0. The lowest BCUT2D eigenvalue weighted by atomic mass is 9.97. The van der Waals surface area contributed by atoms with Crippen LogP contribution in [0.1, 0.15) is 34.7 Å². The third-order valence-electron chi connectivity index (χ3n) is 5.15. The molecule has 0 bridgehead atoms. The van der Waals surface area contributed by atoms with Gasteiger partial charge in [0.05, 0.1) is 18.7 Å². The third-order valence-corrected chi connectivity index (χ3v) is 5.15. The summed E-state index contributed by atoms with van der Waals surface area (Å²) in [5.41, 5.74) is 2.88. The van der Waals surface area contributed by atoms with E-state index in [-0.39, 0.29) is 24.3 Å². The van der Waals surface area contributed by atoms with E-state index in [4.69, 9.17) is 8.94 Å². The third kappa shape index (κ3) is 4.39. The van der Waals surface area contributed by atoms with Crippen LogP contribution in [0, 0.1) is 12.8 Å². The van der Waals surface area contributed by atoms with Crippen LogP contribution in [0.5, 0.6) is 0 Å². The molecule has 0 saturated carbocycles. The molecule has 1 N–H and O–H groups in total. The van der Waals surface area contributed by atoms with Crippen LogP contribution in [0.15, 0.2) is 57.7 Å². The molecule has 1 atom stereocenters. The summed E-state index contributed by atoms with van der Waals surface area (Å²) in [6.45, 7) is 3.31. The van der Waals surface area contributed by atoms with Gasteiger partial charge in [-0.1, -0.05) is 35.0 Å². The Morgan fingerprint density at radius 1 is 1.24 bits per heavy atom. The average Bonchev–Trinajstić information content (AvgIpc) is 3.44. The molecule has 1 aliphatic rings. The first-order valence-corrected chi connectivity index (χ1v) is 9.73. The van der Waals surface area contributed by atoms with Gasteiger partial charge in [-0.15, -0.1) is 0 Å². The first-order chi connectivity index (χ1) is 14.1. The normalized spacial score (nSPS) is 16.6. The quantitative estimate of drug-likeness (QED) is 0.718. The number of hydrogen-bond acceptors (Lipinski definition) is 5. The number of piperidine rings is 1. The Labute approximate surface area is 168 Å². The summed E-state index contributed by atoms with van der Waals surface area (Å²) >= 11 is 0. The van der Waals surface area contributed by atoms with Crippen molar-refractivity contribution in [3.8, 4) is 11.3 Å². The zero-order valence-electron chi connectivity index (χ0n) is 16.3. The smallest absolute Gasteiger partial charge is 0.289 e. The van der Waals surface area contributed by atoms with Crippen LogP contribution in [0.4, 0.5) is 0 Å². The van der Waals surface area contributed by atoms with Crippen molar-refractivity contribution in [2.45, 2.75) is 26.3 Å². The number of carbonyl (C=O) groups excluding carboxylic acids is 2. The highest BCUT2D eigenvalue weighted by molar-refractivity contribution is 5.92. The van der Waals surface area contributed by atoms with Gasteiger partial charge in [0, 0.05) is 24.7 Å². The molecule has 0 aliphatic carbocycles. The first-order valence-electron chi connectivity index (χ1n) is 9.73. The standard InChI is InChI=1S/C22H23N3O4/c1-15-6-8-16(9-7-15)19-12-18(29-24-19)13-23-21(26)17-4-2-10-25(14-17)22(27)20-5-3-11-28-20/h3,5-9,11-12,17H,2,4,10,13-14H2,1H3,(H,23,26)/t17-/m0/s1. The highest BCUT2D eigenvalue weighted by atomic mass is 16.5. The van der Waals surface area contributed by atoms with Crippen LogP contribution >= 0.6 is 0 Å². The minimum absolute atomic E-state index is 0.0877. The molecule has 1 aromatic carbocycles. The summed E-state index contributed by atoms with van der Waals surface area (Å²) in [6.07, 6.45) is 3.01. The van der Waals surface area contributed by atoms with Crippen molar-refractivity contribution in [1.82, 2.24) is 15.4 Å². The second-order valence-electron chi connectivity index (χ2n) is 7.33. The van der Waals surface area contributed by atoms with Crippen molar-refractivity contribution in [2.75, 3.05) is 13.1 Å². The molecule has 7 heteroatoms. The summed E-state index contributed by atoms with van der Waals surface area (Å²) in [4.78, 5) is 26.7. The van der Waals surface area contributed by atoms with Gasteiger partial charge in [0.2, 0.25) is 5.91 Å². The maximum absolute atomic E-state index is 12.6. The number of furan rings is 1. The summed E-state index contributed by atoms with van der Waals surface area (Å²) in [5.74, 6) is 0.382. The molecule has 4 rings (SSSR count). The van der Waals surface area contributed by atoms with Gasteiger partial charge in [-0.25, -0.2) is 0 Å². The molecule has 150 valence electrons. The SMILES string of the molecule is Cc1ccc(-c2cc(CNC(=O)[C@H]3CCCN(C(=O)c4ccco4)C3)on2)cc1. The molecule has 3 aromatic rings. The van der Waals surface area contributed by atoms with Gasteiger partial charge in [0.1, 0.15) is 5.69 Å². The van der Waals surface area contributed by atoms with Crippen molar-refractivity contribution in [3.05, 3.63) is 65.8 Å². The lowest BCUT2D eigenvalue weighted by molar-refractivity contribution is -0.126. The molecular formula is C22H23N3O4. The zero-order chi connectivity index (χ0) is 20.2. The molecule has 2 amide bonds. The summed E-state index contributed by atoms with van der Waals surface area (Å²) in [5, 5.41) is 6.98. The molecular weight excluding hydrogens is 370 g/mol. The van der Waals surface area contributed by atoms with E-state index in [0.29, 0.717) is 24.6 Å². The molecule has 1 fully saturated rings. The van der Waals surface area contributed by atoms with E-state index in [0.717, 1.165) is 24.1 Å². The van der Waals surface area contributed by atoms with Crippen LogP contribution in [-0.4, -0.2) is 35.0 Å². The molecule has 0 spiro atoms. The highest BCUT2D eigenvalue weighted by Gasteiger charge is 2.29. The second kappa shape index (κ2) is 8.34. The number of benzene rings is 1. The van der Waals surface area contributed by atoms with Crippen molar-refractivity contribution in [1.29, 1.82) is 0 Å². The van der Waals surface area contributed by atoms with E-state index < -0.39 is 0 Å². The number of nitrogens with zero attached hydrogens (tertiary/aromatic N) is 2. The Morgan fingerprint density at radius 3 is 2.83 bits per heavy atom. The average molecular weight is 393 g/mol. The van der Waals surface area contributed by atoms with Gasteiger partial charge in [-0.3, -0.25) is 9.59 Å². The monoisotopic (exact) mass is 393 g/mol. The Balaban J connectivity index is 1.32. The number of likely N-dealkylation sites (tertiary alicyclic amines) is 1. The van der Waals surface area contributed by atoms with Gasteiger partial charge in [0.15, 0.2) is 11.5 Å². The molecule has 0 radical (unpaired) electrons. The largest absolute Gasteiger partial charge is 0.459 e. The molecule has 0 unspecified atom stereocenters. The van der Waals surface area contributed by atoms with Crippen LogP contribution in [0.3, 0.4) is 0 Å². The van der Waals surface area contributed by atoms with Gasteiger partial charge in [0.25, 0.3) is 5.91 Å². The number of rotatable bonds is 5. The Bertz CT molecular complexity index is 976. The maximum Gasteiger partial charge on any atom is 0.289 e. The van der Waals surface area contributed by atoms with Crippen molar-refractivity contribution >= 4 is 11.8 Å². The predicted molar refractivity (Wildman–Crippen MR) is 106 cm³/mol. The zero-order valence-corrected chi connectivity index (χ0v) is 16.3. The van der Waals surface area contributed by atoms with Gasteiger partial charge in [-0.05, 0) is 31.9 Å². The van der Waals surface area contributed by atoms with Crippen molar-refractivity contribution in [2.24, 2.45) is 5.92 Å². The van der Waals surface area contributed by atoms with Gasteiger partial charge < -0.3 is 19.2 Å². The van der Waals surface area contributed by atoms with E-state index in [2.05, 4.69) is 10.5 Å². The van der Waals surface area contributed by atoms with Gasteiger partial charge >= 0.3 is 0 Å². The fourth-order valence-electron chi connectivity index (χ4n) is 3.51. The molecule has 1 saturated heterocycles. The van der Waals surface area contributed by atoms with Crippen LogP contribution in [-0.2, 0) is 11.3 Å². The number of carbonyl (C=O) groups is 2. The maximum atomic E-state index is 12.6. The van der Waals surface area contributed by atoms with Crippen LogP contribution < -0.4 is 5.32 Å². The first kappa shape index (κ1) is 19.0. The number of nitrogens with one attached hydrogen (secondary N) is 1. The van der Waals surface area contributed by atoms with E-state index in [1.807, 2.05) is 37.3 Å². The second-order valence-corrected chi connectivity index (χ2v) is 7.33. The molecule has 29 heavy (non-hydrogen) atoms. The molecule has 2 aromatic heterocycles. The predicted octanol–water partition coefficient (Wildman–Crippen LogP) is 3.41. The van der Waals surface area contributed by atoms with Crippen LogP contribution in [0.2, 0.25) is 0 Å². The fraction of sp³-hybridized carbons (Fsp3) is 0.318. The van der Waals surface area contributed by atoms with E-state index in [1.54, 1.807) is 17.0 Å².